The molecule has 0 spiro atoms. The molecule has 1 fully saturated rings. The second kappa shape index (κ2) is 21.6. The summed E-state index contributed by atoms with van der Waals surface area (Å²) in [5, 5.41) is 28.9. The third-order valence-corrected chi connectivity index (χ3v) is 10.7. The minimum atomic E-state index is -1.77. The first-order valence-electron chi connectivity index (χ1n) is 18.8. The molecule has 0 radical (unpaired) electrons. The number of hydrogen-bond acceptors (Lipinski definition) is 9. The van der Waals surface area contributed by atoms with Crippen LogP contribution in [0.5, 0.6) is 0 Å². The molecule has 1 unspecified atom stereocenters. The van der Waals surface area contributed by atoms with Crippen LogP contribution in [0.2, 0.25) is 0 Å². The van der Waals surface area contributed by atoms with Crippen molar-refractivity contribution < 1.29 is 38.9 Å². The molecule has 4 amide bonds. The van der Waals surface area contributed by atoms with Gasteiger partial charge in [-0.3, -0.25) is 19.2 Å². The molecule has 1 aromatic carbocycles. The highest BCUT2D eigenvalue weighted by molar-refractivity contribution is 5.90. The Morgan fingerprint density at radius 3 is 2.04 bits per heavy atom. The van der Waals surface area contributed by atoms with Gasteiger partial charge in [0.2, 0.25) is 23.6 Å². The van der Waals surface area contributed by atoms with Crippen LogP contribution in [-0.2, 0) is 35.1 Å². The van der Waals surface area contributed by atoms with Crippen molar-refractivity contribution in [1.29, 1.82) is 0 Å². The van der Waals surface area contributed by atoms with Crippen LogP contribution in [0.25, 0.3) is 0 Å². The molecular formula is C39H67N5O8. The van der Waals surface area contributed by atoms with Crippen molar-refractivity contribution in [2.75, 3.05) is 34.9 Å². The van der Waals surface area contributed by atoms with Gasteiger partial charge in [-0.2, -0.15) is 0 Å². The zero-order chi connectivity index (χ0) is 39.3. The lowest BCUT2D eigenvalue weighted by Crippen LogP contribution is -2.59. The number of ether oxygens (including phenoxy) is 2. The van der Waals surface area contributed by atoms with E-state index in [1.807, 2.05) is 71.9 Å². The molecule has 9 atom stereocenters. The Morgan fingerprint density at radius 2 is 1.54 bits per heavy atom. The number of methoxy groups -OCH3 is 2. The summed E-state index contributed by atoms with van der Waals surface area (Å²) in [6, 6.07) is 6.23. The minimum absolute atomic E-state index is 0.000372. The van der Waals surface area contributed by atoms with Gasteiger partial charge < -0.3 is 45.4 Å². The van der Waals surface area contributed by atoms with Crippen LogP contribution in [0.4, 0.5) is 0 Å². The monoisotopic (exact) mass is 733 g/mol. The van der Waals surface area contributed by atoms with Crippen molar-refractivity contribution in [3.63, 3.8) is 0 Å². The molecule has 0 aromatic heterocycles. The average molecular weight is 734 g/mol. The lowest BCUT2D eigenvalue weighted by atomic mass is 9.89. The standard InChI is InChI=1S/C39H67N5O8/c1-12-25(6)34(43(9)38(48)33(24(4)5)42-37(47)32(40-8)23(2)3)30(51-10)22-31(45)44-20-16-19-29(44)35(52-11)26(7)36(46)41-28(39(49)50)21-27-17-14-13-15-18-27/h13-15,17-18,23-26,28-30,32-35,39-40,49-50H,12,16,19-22H2,1-11H3,(H,41,46)(H,42,47)/t25-,26+,28+,29-,30+,32-,33-,34?,35+/m0/s1. The Bertz CT molecular complexity index is 1260. The van der Waals surface area contributed by atoms with Gasteiger partial charge >= 0.3 is 0 Å². The van der Waals surface area contributed by atoms with Gasteiger partial charge in [0.25, 0.3) is 0 Å². The highest BCUT2D eigenvalue weighted by Gasteiger charge is 2.43. The number of amides is 4. The first-order valence-corrected chi connectivity index (χ1v) is 18.8. The molecule has 0 saturated carbocycles. The largest absolute Gasteiger partial charge is 0.379 e. The smallest absolute Gasteiger partial charge is 0.245 e. The van der Waals surface area contributed by atoms with E-state index in [0.717, 1.165) is 18.4 Å². The molecule has 1 saturated heterocycles. The number of rotatable bonds is 21. The normalized spacial score (nSPS) is 19.5. The Hall–Kier alpha value is -3.10. The molecule has 1 aliphatic heterocycles. The average Bonchev–Trinajstić information content (AvgIpc) is 3.59. The first kappa shape index (κ1) is 45.1. The van der Waals surface area contributed by atoms with Crippen LogP contribution in [0.1, 0.15) is 79.7 Å². The lowest BCUT2D eigenvalue weighted by Gasteiger charge is -2.41. The Balaban J connectivity index is 2.26. The van der Waals surface area contributed by atoms with Crippen molar-refractivity contribution in [1.82, 2.24) is 25.8 Å². The molecule has 296 valence electrons. The first-order chi connectivity index (χ1) is 24.5. The van der Waals surface area contributed by atoms with E-state index in [9.17, 15) is 29.4 Å². The van der Waals surface area contributed by atoms with Crippen LogP contribution in [-0.4, -0.2) is 127 Å². The molecule has 0 bridgehead atoms. The lowest BCUT2D eigenvalue weighted by molar-refractivity contribution is -0.148. The van der Waals surface area contributed by atoms with Gasteiger partial charge in [-0.25, -0.2) is 0 Å². The molecule has 1 aliphatic rings. The van der Waals surface area contributed by atoms with Crippen molar-refractivity contribution in [2.24, 2.45) is 23.7 Å². The van der Waals surface area contributed by atoms with E-state index >= 15 is 0 Å². The molecule has 52 heavy (non-hydrogen) atoms. The second-order valence-corrected chi connectivity index (χ2v) is 15.0. The fourth-order valence-corrected chi connectivity index (χ4v) is 7.46. The second-order valence-electron chi connectivity index (χ2n) is 15.0. The number of aliphatic hydroxyl groups excluding tert-OH is 1. The summed E-state index contributed by atoms with van der Waals surface area (Å²) in [7, 11) is 6.49. The molecule has 13 nitrogen and oxygen atoms in total. The number of carbonyl (C=O) groups is 4. The number of nitrogens with one attached hydrogen (secondary N) is 3. The van der Waals surface area contributed by atoms with E-state index in [2.05, 4.69) is 16.0 Å². The van der Waals surface area contributed by atoms with E-state index in [4.69, 9.17) is 9.47 Å². The van der Waals surface area contributed by atoms with E-state index in [-0.39, 0.29) is 48.3 Å². The third kappa shape index (κ3) is 12.0. The summed E-state index contributed by atoms with van der Waals surface area (Å²) in [4.78, 5) is 58.3. The van der Waals surface area contributed by atoms with Crippen LogP contribution in [0.15, 0.2) is 30.3 Å². The van der Waals surface area contributed by atoms with Crippen molar-refractivity contribution in [2.45, 2.75) is 129 Å². The molecule has 1 aromatic rings. The maximum absolute atomic E-state index is 14.1. The van der Waals surface area contributed by atoms with Crippen LogP contribution in [0, 0.1) is 23.7 Å². The summed E-state index contributed by atoms with van der Waals surface area (Å²) < 4.78 is 11.9. The van der Waals surface area contributed by atoms with Gasteiger partial charge in [0, 0.05) is 27.8 Å². The summed E-state index contributed by atoms with van der Waals surface area (Å²) in [5.74, 6) is -1.99. The van der Waals surface area contributed by atoms with Gasteiger partial charge in [-0.05, 0) is 49.6 Å². The number of nitrogens with zero attached hydrogens (tertiary/aromatic N) is 2. The Morgan fingerprint density at radius 1 is 0.923 bits per heavy atom. The summed E-state index contributed by atoms with van der Waals surface area (Å²) in [6.07, 6.45) is -0.763. The summed E-state index contributed by atoms with van der Waals surface area (Å²) in [6.45, 7) is 13.9. The van der Waals surface area contributed by atoms with Crippen molar-refractivity contribution in [3.05, 3.63) is 35.9 Å². The van der Waals surface area contributed by atoms with E-state index in [1.165, 1.54) is 7.11 Å². The Labute approximate surface area is 311 Å². The minimum Gasteiger partial charge on any atom is -0.379 e. The molecule has 13 heteroatoms. The number of likely N-dealkylation sites (tertiary alicyclic amines) is 1. The molecule has 5 N–H and O–H groups in total. The third-order valence-electron chi connectivity index (χ3n) is 10.7. The van der Waals surface area contributed by atoms with Gasteiger partial charge in [-0.1, -0.05) is 85.2 Å². The molecular weight excluding hydrogens is 666 g/mol. The highest BCUT2D eigenvalue weighted by Crippen LogP contribution is 2.30. The predicted molar refractivity (Wildman–Crippen MR) is 201 cm³/mol. The van der Waals surface area contributed by atoms with Gasteiger partial charge in [0.1, 0.15) is 6.04 Å². The summed E-state index contributed by atoms with van der Waals surface area (Å²) in [5.41, 5.74) is 0.846. The fraction of sp³-hybridized carbons (Fsp3) is 0.744. The molecule has 0 aliphatic carbocycles. The number of benzene rings is 1. The highest BCUT2D eigenvalue weighted by atomic mass is 16.5. The number of likely N-dealkylation sites (N-methyl/N-ethyl adjacent to an activating group) is 2. The van der Waals surface area contributed by atoms with Gasteiger partial charge in [-0.15, -0.1) is 0 Å². The number of aliphatic hydroxyl groups is 2. The maximum Gasteiger partial charge on any atom is 0.245 e. The maximum atomic E-state index is 14.1. The molecule has 1 heterocycles. The summed E-state index contributed by atoms with van der Waals surface area (Å²) >= 11 is 0. The zero-order valence-electron chi connectivity index (χ0n) is 33.3. The van der Waals surface area contributed by atoms with Gasteiger partial charge in [0.05, 0.1) is 48.7 Å². The van der Waals surface area contributed by atoms with Gasteiger partial charge in [0.15, 0.2) is 6.29 Å². The zero-order valence-corrected chi connectivity index (χ0v) is 33.3. The topological polar surface area (TPSA) is 170 Å². The number of carbonyl (C=O) groups excluding carboxylic acids is 4. The fourth-order valence-electron chi connectivity index (χ4n) is 7.46. The van der Waals surface area contributed by atoms with E-state index in [1.54, 1.807) is 37.9 Å². The Kier molecular flexibility index (Phi) is 18.7. The molecule has 2 rings (SSSR count). The van der Waals surface area contributed by atoms with Crippen LogP contribution in [0.3, 0.4) is 0 Å². The quantitative estimate of drug-likeness (QED) is 0.119. The van der Waals surface area contributed by atoms with Crippen LogP contribution < -0.4 is 16.0 Å². The van der Waals surface area contributed by atoms with Crippen molar-refractivity contribution >= 4 is 23.6 Å². The van der Waals surface area contributed by atoms with E-state index in [0.29, 0.717) is 13.0 Å². The van der Waals surface area contributed by atoms with Crippen LogP contribution >= 0.6 is 0 Å². The number of hydrogen-bond donors (Lipinski definition) is 5. The SMILES string of the molecule is CC[C@H](C)C([C@@H](CC(=O)N1CCC[C@H]1[C@H](OC)[C@@H](C)C(=O)N[C@H](Cc1ccccc1)C(O)O)OC)N(C)C(=O)[C@@H](NC(=O)[C@@H](NC)C(C)C)C(C)C. The van der Waals surface area contributed by atoms with Crippen molar-refractivity contribution in [3.8, 4) is 0 Å². The predicted octanol–water partition coefficient (Wildman–Crippen LogP) is 2.33. The van der Waals surface area contributed by atoms with E-state index < -0.39 is 60.5 Å².